The summed E-state index contributed by atoms with van der Waals surface area (Å²) in [5.74, 6) is 1.47. The van der Waals surface area contributed by atoms with E-state index in [4.69, 9.17) is 16.3 Å². The summed E-state index contributed by atoms with van der Waals surface area (Å²) in [4.78, 5) is 11.7. The van der Waals surface area contributed by atoms with Gasteiger partial charge in [0.25, 0.3) is 0 Å². The molecule has 0 saturated heterocycles. The predicted molar refractivity (Wildman–Crippen MR) is 82.0 cm³/mol. The molecule has 104 valence electrons. The fraction of sp³-hybridized carbons (Fsp3) is 0.357. The van der Waals surface area contributed by atoms with Crippen molar-refractivity contribution in [1.82, 2.24) is 5.32 Å². The topological polar surface area (TPSA) is 38.3 Å². The number of halogens is 1. The second-order valence-electron chi connectivity index (χ2n) is 3.94. The lowest BCUT2D eigenvalue weighted by atomic mass is 10.2. The minimum Gasteiger partial charge on any atom is -0.496 e. The van der Waals surface area contributed by atoms with E-state index < -0.39 is 0 Å². The smallest absolute Gasteiger partial charge is 0.233 e. The first-order chi connectivity index (χ1) is 9.08. The number of hydrogen-bond donors (Lipinski definition) is 1. The molecule has 3 nitrogen and oxygen atoms in total. The van der Waals surface area contributed by atoms with Crippen molar-refractivity contribution in [3.63, 3.8) is 0 Å². The van der Waals surface area contributed by atoms with E-state index in [1.165, 1.54) is 0 Å². The molecule has 0 aliphatic heterocycles. The van der Waals surface area contributed by atoms with Crippen LogP contribution in [-0.2, 0) is 10.5 Å². The van der Waals surface area contributed by atoms with Crippen molar-refractivity contribution in [1.29, 1.82) is 0 Å². The van der Waals surface area contributed by atoms with Crippen molar-refractivity contribution in [2.75, 3.05) is 13.7 Å². The van der Waals surface area contributed by atoms with Gasteiger partial charge in [-0.2, -0.15) is 0 Å². The normalized spacial score (nSPS) is 11.7. The Morgan fingerprint density at radius 1 is 1.63 bits per heavy atom. The Balaban J connectivity index is 2.58. The average Bonchev–Trinajstić information content (AvgIpc) is 2.42. The number of rotatable bonds is 7. The maximum Gasteiger partial charge on any atom is 0.233 e. The Morgan fingerprint density at radius 3 is 3.00 bits per heavy atom. The third-order valence-electron chi connectivity index (χ3n) is 2.52. The summed E-state index contributed by atoms with van der Waals surface area (Å²) in [5, 5.41) is 3.30. The van der Waals surface area contributed by atoms with Gasteiger partial charge in [-0.25, -0.2) is 0 Å². The molecule has 0 spiro atoms. The minimum absolute atomic E-state index is 0.00546. The molecule has 1 amide bonds. The Morgan fingerprint density at radius 2 is 2.37 bits per heavy atom. The largest absolute Gasteiger partial charge is 0.496 e. The Kier molecular flexibility index (Phi) is 6.81. The van der Waals surface area contributed by atoms with Crippen LogP contribution in [0.2, 0.25) is 5.02 Å². The van der Waals surface area contributed by atoms with Gasteiger partial charge in [0.15, 0.2) is 0 Å². The van der Waals surface area contributed by atoms with Crippen LogP contribution in [0.5, 0.6) is 5.75 Å². The molecular weight excluding hydrogens is 282 g/mol. The van der Waals surface area contributed by atoms with Gasteiger partial charge in [-0.1, -0.05) is 17.7 Å². The van der Waals surface area contributed by atoms with Crippen molar-refractivity contribution in [3.05, 3.63) is 41.4 Å². The van der Waals surface area contributed by atoms with Gasteiger partial charge in [0.05, 0.1) is 12.4 Å². The summed E-state index contributed by atoms with van der Waals surface area (Å²) in [6.45, 7) is 5.93. The van der Waals surface area contributed by atoms with Crippen LogP contribution in [0, 0.1) is 0 Å². The zero-order chi connectivity index (χ0) is 14.3. The molecule has 0 aliphatic rings. The van der Waals surface area contributed by atoms with Crippen LogP contribution in [0.3, 0.4) is 0 Å². The molecule has 0 radical (unpaired) electrons. The first kappa shape index (κ1) is 15.9. The van der Waals surface area contributed by atoms with Crippen molar-refractivity contribution < 1.29 is 9.53 Å². The summed E-state index contributed by atoms with van der Waals surface area (Å²) in [6, 6.07) is 5.48. The van der Waals surface area contributed by atoms with Crippen LogP contribution in [0.4, 0.5) is 0 Å². The number of carbonyl (C=O) groups is 1. The lowest BCUT2D eigenvalue weighted by Gasteiger charge is -2.13. The Labute approximate surface area is 123 Å². The number of thioether (sulfide) groups is 1. The standard InChI is InChI=1S/C14H18ClNO2S/c1-4-7-16-14(17)10(2)19-9-11-8-12(15)5-6-13(11)18-3/h4-6,8,10H,1,7,9H2,2-3H3,(H,16,17). The van der Waals surface area contributed by atoms with Crippen LogP contribution in [-0.4, -0.2) is 24.8 Å². The molecule has 0 fully saturated rings. The highest BCUT2D eigenvalue weighted by atomic mass is 35.5. The fourth-order valence-electron chi connectivity index (χ4n) is 1.47. The number of methoxy groups -OCH3 is 1. The SMILES string of the molecule is C=CCNC(=O)C(C)SCc1cc(Cl)ccc1OC. The maximum atomic E-state index is 11.7. The second-order valence-corrected chi connectivity index (χ2v) is 5.71. The molecular formula is C14H18ClNO2S. The highest BCUT2D eigenvalue weighted by molar-refractivity contribution is 7.99. The van der Waals surface area contributed by atoms with Crippen molar-refractivity contribution >= 4 is 29.3 Å². The van der Waals surface area contributed by atoms with Crippen LogP contribution in [0.15, 0.2) is 30.9 Å². The van der Waals surface area contributed by atoms with Crippen LogP contribution in [0.1, 0.15) is 12.5 Å². The summed E-state index contributed by atoms with van der Waals surface area (Å²) in [7, 11) is 1.62. The molecule has 19 heavy (non-hydrogen) atoms. The van der Waals surface area contributed by atoms with Gasteiger partial charge in [0, 0.05) is 22.9 Å². The minimum atomic E-state index is -0.136. The zero-order valence-corrected chi connectivity index (χ0v) is 12.7. The van der Waals surface area contributed by atoms with Crippen LogP contribution in [0.25, 0.3) is 0 Å². The number of amides is 1. The second kappa shape index (κ2) is 8.12. The number of benzene rings is 1. The first-order valence-electron chi connectivity index (χ1n) is 5.91. The van der Waals surface area contributed by atoms with Crippen LogP contribution < -0.4 is 10.1 Å². The van der Waals surface area contributed by atoms with E-state index in [-0.39, 0.29) is 11.2 Å². The predicted octanol–water partition coefficient (Wildman–Crippen LogP) is 3.27. The monoisotopic (exact) mass is 299 g/mol. The van der Waals surface area contributed by atoms with E-state index in [1.54, 1.807) is 31.0 Å². The molecule has 1 rings (SSSR count). The molecule has 0 saturated carbocycles. The van der Waals surface area contributed by atoms with Gasteiger partial charge < -0.3 is 10.1 Å². The summed E-state index contributed by atoms with van der Waals surface area (Å²) in [6.07, 6.45) is 1.66. The molecule has 1 aromatic carbocycles. The van der Waals surface area contributed by atoms with Gasteiger partial charge in [0.1, 0.15) is 5.75 Å². The van der Waals surface area contributed by atoms with Gasteiger partial charge in [0.2, 0.25) is 5.91 Å². The Bertz CT molecular complexity index is 451. The van der Waals surface area contributed by atoms with E-state index in [0.717, 1.165) is 11.3 Å². The van der Waals surface area contributed by atoms with Gasteiger partial charge in [-0.05, 0) is 25.1 Å². The number of carbonyl (C=O) groups excluding carboxylic acids is 1. The molecule has 0 bridgehead atoms. The lowest BCUT2D eigenvalue weighted by molar-refractivity contribution is -0.120. The molecule has 1 unspecified atom stereocenters. The molecule has 5 heteroatoms. The number of hydrogen-bond acceptors (Lipinski definition) is 3. The van der Waals surface area contributed by atoms with E-state index in [2.05, 4.69) is 11.9 Å². The molecule has 1 N–H and O–H groups in total. The van der Waals surface area contributed by atoms with E-state index in [0.29, 0.717) is 17.3 Å². The zero-order valence-electron chi connectivity index (χ0n) is 11.1. The molecule has 0 aromatic heterocycles. The van der Waals surface area contributed by atoms with Crippen LogP contribution >= 0.6 is 23.4 Å². The van der Waals surface area contributed by atoms with E-state index in [9.17, 15) is 4.79 Å². The van der Waals surface area contributed by atoms with Crippen molar-refractivity contribution in [2.24, 2.45) is 0 Å². The molecule has 1 atom stereocenters. The third kappa shape index (κ3) is 5.17. The fourth-order valence-corrected chi connectivity index (χ4v) is 2.55. The highest BCUT2D eigenvalue weighted by Crippen LogP contribution is 2.28. The maximum absolute atomic E-state index is 11.7. The summed E-state index contributed by atoms with van der Waals surface area (Å²) < 4.78 is 5.27. The van der Waals surface area contributed by atoms with Gasteiger partial charge in [-0.3, -0.25) is 4.79 Å². The summed E-state index contributed by atoms with van der Waals surface area (Å²) in [5.41, 5.74) is 0.989. The third-order valence-corrected chi connectivity index (χ3v) is 3.95. The molecule has 0 aliphatic carbocycles. The average molecular weight is 300 g/mol. The molecule has 0 heterocycles. The van der Waals surface area contributed by atoms with Gasteiger partial charge in [-0.15, -0.1) is 18.3 Å². The highest BCUT2D eigenvalue weighted by Gasteiger charge is 2.14. The number of ether oxygens (including phenoxy) is 1. The Hall–Kier alpha value is -1.13. The lowest BCUT2D eigenvalue weighted by Crippen LogP contribution is -2.30. The summed E-state index contributed by atoms with van der Waals surface area (Å²) >= 11 is 7.51. The van der Waals surface area contributed by atoms with Crippen molar-refractivity contribution in [3.8, 4) is 5.75 Å². The quantitative estimate of drug-likeness (QED) is 0.785. The van der Waals surface area contributed by atoms with E-state index in [1.807, 2.05) is 19.1 Å². The first-order valence-corrected chi connectivity index (χ1v) is 7.33. The number of nitrogens with one attached hydrogen (secondary N) is 1. The van der Waals surface area contributed by atoms with Gasteiger partial charge >= 0.3 is 0 Å². The van der Waals surface area contributed by atoms with Crippen molar-refractivity contribution in [2.45, 2.75) is 17.9 Å². The van der Waals surface area contributed by atoms with E-state index >= 15 is 0 Å². The molecule has 1 aromatic rings.